The maximum absolute atomic E-state index is 8.49. The van der Waals surface area contributed by atoms with E-state index in [1.165, 1.54) is 16.9 Å². The maximum Gasteiger partial charge on any atom is 0.391 e. The van der Waals surface area contributed by atoms with Crippen LogP contribution in [-0.4, -0.2) is 19.1 Å². The molecule has 0 bridgehead atoms. The van der Waals surface area contributed by atoms with Crippen molar-refractivity contribution in [3.8, 4) is 27.6 Å². The number of nitrogens with zero attached hydrogens (tertiary/aromatic N) is 3. The van der Waals surface area contributed by atoms with Gasteiger partial charge >= 0.3 is 10.8 Å². The molecule has 43 heavy (non-hydrogen) atoms. The lowest BCUT2D eigenvalue weighted by Crippen LogP contribution is -2.68. The van der Waals surface area contributed by atoms with Gasteiger partial charge in [0.1, 0.15) is 10.6 Å². The number of halogens is 1. The number of fused-ring (bicyclic) bond motifs is 2. The van der Waals surface area contributed by atoms with E-state index in [4.69, 9.17) is 28.4 Å². The van der Waals surface area contributed by atoms with Gasteiger partial charge in [0.25, 0.3) is 0 Å². The number of likely N-dealkylation sites (N-methyl/N-ethyl adjacent to an activating group) is 1. The highest BCUT2D eigenvalue weighted by Crippen LogP contribution is 2.46. The number of hydrogen-bond acceptors (Lipinski definition) is 8. The molecule has 8 nitrogen and oxygen atoms in total. The summed E-state index contributed by atoms with van der Waals surface area (Å²) in [7, 11) is -1.07. The topological polar surface area (TPSA) is 122 Å². The molecule has 3 heterocycles. The van der Waals surface area contributed by atoms with Crippen molar-refractivity contribution in [1.82, 2.24) is 4.98 Å². The SMILES string of the molecule is COc1c(-c2ccccc2)sc2nc(-c3ccccc3)cc(/C=C/C=C3\N(C)c4ccccc4C3(C)C)[n+]12.[O-][Cl+3]([O-])([O-])[O-]. The van der Waals surface area contributed by atoms with Gasteiger partial charge in [-0.25, -0.2) is 18.6 Å². The minimum atomic E-state index is -4.94. The van der Waals surface area contributed by atoms with Crippen molar-refractivity contribution < 1.29 is 38.0 Å². The number of para-hydroxylation sites is 1. The summed E-state index contributed by atoms with van der Waals surface area (Å²) >= 11 is 1.64. The Morgan fingerprint density at radius 2 is 1.47 bits per heavy atom. The molecule has 0 fully saturated rings. The van der Waals surface area contributed by atoms with Crippen molar-refractivity contribution in [2.45, 2.75) is 19.3 Å². The van der Waals surface area contributed by atoms with Gasteiger partial charge in [-0.15, -0.1) is 14.6 Å². The standard InChI is InChI=1S/C33H30N3OS.ClHO4/c1-33(2)26-19-11-12-20-28(26)35(3)29(33)21-13-18-25-22-27(23-14-7-5-8-15-23)34-32-36(25)31(37-4)30(38-32)24-16-9-6-10-17-24;2-1(3,4)5/h5-22H,1-4H3;(H,2,3,4,5)/q+1;/p-1. The largest absolute Gasteiger partial charge is 0.464 e. The van der Waals surface area contributed by atoms with Crippen LogP contribution in [0.3, 0.4) is 0 Å². The van der Waals surface area contributed by atoms with Crippen LogP contribution in [-0.2, 0) is 5.41 Å². The van der Waals surface area contributed by atoms with E-state index in [1.807, 2.05) is 24.3 Å². The van der Waals surface area contributed by atoms with Crippen molar-refractivity contribution in [2.24, 2.45) is 0 Å². The maximum atomic E-state index is 8.49. The zero-order chi connectivity index (χ0) is 30.8. The molecule has 0 unspecified atom stereocenters. The summed E-state index contributed by atoms with van der Waals surface area (Å²) in [6.07, 6.45) is 6.53. The number of benzene rings is 3. The summed E-state index contributed by atoms with van der Waals surface area (Å²) in [6, 6.07) is 31.5. The van der Waals surface area contributed by atoms with E-state index in [-0.39, 0.29) is 5.41 Å². The third-order valence-electron chi connectivity index (χ3n) is 7.30. The Bertz CT molecular complexity index is 1790. The number of allylic oxidation sites excluding steroid dienone is 3. The second kappa shape index (κ2) is 12.3. The normalized spacial score (nSPS) is 15.1. The van der Waals surface area contributed by atoms with Crippen molar-refractivity contribution in [1.29, 1.82) is 0 Å². The second-order valence-corrected chi connectivity index (χ2v) is 12.1. The average molecular weight is 616 g/mol. The van der Waals surface area contributed by atoms with Crippen LogP contribution in [0.25, 0.3) is 32.7 Å². The number of thiazole rings is 1. The molecule has 220 valence electrons. The third-order valence-corrected chi connectivity index (χ3v) is 8.37. The van der Waals surface area contributed by atoms with Crippen molar-refractivity contribution in [2.75, 3.05) is 19.1 Å². The molecule has 0 aliphatic carbocycles. The van der Waals surface area contributed by atoms with Gasteiger partial charge < -0.3 is 9.64 Å². The summed E-state index contributed by atoms with van der Waals surface area (Å²) in [5.41, 5.74) is 7.94. The van der Waals surface area contributed by atoms with Gasteiger partial charge in [0, 0.05) is 35.5 Å². The Morgan fingerprint density at radius 1 is 0.884 bits per heavy atom. The summed E-state index contributed by atoms with van der Waals surface area (Å²) in [4.78, 5) is 9.30. The fraction of sp³-hybridized carbons (Fsp3) is 0.152. The predicted molar refractivity (Wildman–Crippen MR) is 158 cm³/mol. The smallest absolute Gasteiger partial charge is 0.391 e. The van der Waals surface area contributed by atoms with Crippen molar-refractivity contribution in [3.05, 3.63) is 120 Å². The van der Waals surface area contributed by atoms with E-state index in [2.05, 4.69) is 115 Å². The number of anilines is 1. The first-order chi connectivity index (χ1) is 20.5. The van der Waals surface area contributed by atoms with E-state index in [0.29, 0.717) is 0 Å². The molecule has 6 rings (SSSR count). The Labute approximate surface area is 256 Å². The third kappa shape index (κ3) is 6.47. The molecule has 1 aliphatic rings. The van der Waals surface area contributed by atoms with Gasteiger partial charge in [0.05, 0.1) is 7.11 Å². The van der Waals surface area contributed by atoms with Crippen LogP contribution in [0.15, 0.2) is 109 Å². The molecule has 0 amide bonds. The lowest BCUT2D eigenvalue weighted by molar-refractivity contribution is -2.00. The fourth-order valence-electron chi connectivity index (χ4n) is 5.38. The number of ether oxygens (including phenoxy) is 1. The Balaban J connectivity index is 0.000000682. The molecule has 5 aromatic rings. The number of aromatic nitrogens is 2. The van der Waals surface area contributed by atoms with Gasteiger partial charge in [-0.05, 0) is 45.7 Å². The summed E-state index contributed by atoms with van der Waals surface area (Å²) in [6.45, 7) is 4.58. The van der Waals surface area contributed by atoms with E-state index in [9.17, 15) is 0 Å². The van der Waals surface area contributed by atoms with Crippen molar-refractivity contribution in [3.63, 3.8) is 0 Å². The molecule has 2 aromatic heterocycles. The molecule has 10 heteroatoms. The van der Waals surface area contributed by atoms with Crippen LogP contribution in [0, 0.1) is 10.2 Å². The minimum Gasteiger partial charge on any atom is -0.464 e. The number of hydrogen-bond donors (Lipinski definition) is 0. The highest BCUT2D eigenvalue weighted by atomic mass is 35.7. The molecule has 0 radical (unpaired) electrons. The highest BCUT2D eigenvalue weighted by molar-refractivity contribution is 7.20. The van der Waals surface area contributed by atoms with Gasteiger partial charge in [-0.1, -0.05) is 98.8 Å². The molecule has 1 aliphatic heterocycles. The predicted octanol–water partition coefficient (Wildman–Crippen LogP) is 2.79. The highest BCUT2D eigenvalue weighted by Gasteiger charge is 2.37. The number of methoxy groups -OCH3 is 1. The second-order valence-electron chi connectivity index (χ2n) is 10.3. The van der Waals surface area contributed by atoms with Crippen molar-refractivity contribution >= 4 is 28.1 Å². The molecular weight excluding hydrogens is 586 g/mol. The Morgan fingerprint density at radius 3 is 2.07 bits per heavy atom. The molecule has 3 aromatic carbocycles. The molecular formula is C33H30ClN3O5S. The zero-order valence-electron chi connectivity index (χ0n) is 24.1. The van der Waals surface area contributed by atoms with Crippen LogP contribution in [0.4, 0.5) is 5.69 Å². The van der Waals surface area contributed by atoms with E-state index < -0.39 is 10.2 Å². The van der Waals surface area contributed by atoms with Gasteiger partial charge in [0.2, 0.25) is 0 Å². The first-order valence-corrected chi connectivity index (χ1v) is 15.4. The first kappa shape index (κ1) is 30.4. The lowest BCUT2D eigenvalue weighted by atomic mass is 9.84. The van der Waals surface area contributed by atoms with Gasteiger partial charge in [0.15, 0.2) is 5.69 Å². The lowest BCUT2D eigenvalue weighted by Gasteiger charge is -2.23. The van der Waals surface area contributed by atoms with Crippen LogP contribution in [0.5, 0.6) is 5.88 Å². The van der Waals surface area contributed by atoms with Crippen LogP contribution >= 0.6 is 11.3 Å². The Kier molecular flexibility index (Phi) is 8.66. The molecule has 0 spiro atoms. The molecule has 0 N–H and O–H groups in total. The van der Waals surface area contributed by atoms with Gasteiger partial charge in [-0.3, -0.25) is 0 Å². The molecule has 0 saturated heterocycles. The van der Waals surface area contributed by atoms with Crippen LogP contribution in [0.1, 0.15) is 25.1 Å². The van der Waals surface area contributed by atoms with Crippen LogP contribution in [0.2, 0.25) is 0 Å². The zero-order valence-corrected chi connectivity index (χ0v) is 25.6. The Hall–Kier alpha value is -4.09. The number of rotatable bonds is 5. The average Bonchev–Trinajstić information content (AvgIpc) is 3.46. The minimum absolute atomic E-state index is 0.0772. The first-order valence-electron chi connectivity index (χ1n) is 13.4. The van der Waals surface area contributed by atoms with E-state index in [1.54, 1.807) is 18.4 Å². The summed E-state index contributed by atoms with van der Waals surface area (Å²) < 4.78 is 42.1. The summed E-state index contributed by atoms with van der Waals surface area (Å²) in [5.74, 6) is 0.793. The molecule has 0 atom stereocenters. The van der Waals surface area contributed by atoms with Gasteiger partial charge in [-0.2, -0.15) is 0 Å². The van der Waals surface area contributed by atoms with E-state index in [0.717, 1.165) is 38.2 Å². The monoisotopic (exact) mass is 615 g/mol. The summed E-state index contributed by atoms with van der Waals surface area (Å²) in [5, 5.41) is 0. The van der Waals surface area contributed by atoms with Crippen LogP contribution < -0.4 is 32.7 Å². The quantitative estimate of drug-likeness (QED) is 0.279. The van der Waals surface area contributed by atoms with E-state index >= 15 is 0 Å². The fourth-order valence-corrected chi connectivity index (χ4v) is 6.51. The molecule has 0 saturated carbocycles.